The van der Waals surface area contributed by atoms with Crippen LogP contribution in [-0.4, -0.2) is 24.5 Å². The van der Waals surface area contributed by atoms with Gasteiger partial charge in [-0.2, -0.15) is 4.31 Å². The predicted octanol–water partition coefficient (Wildman–Crippen LogP) is 3.77. The van der Waals surface area contributed by atoms with E-state index < -0.39 is 21.8 Å². The molecule has 0 spiro atoms. The van der Waals surface area contributed by atoms with E-state index in [2.05, 4.69) is 10.0 Å². The molecular formula is C18H10N4O4S. The lowest BCUT2D eigenvalue weighted by Gasteiger charge is -2.15. The van der Waals surface area contributed by atoms with Crippen molar-refractivity contribution < 1.29 is 18.0 Å². The van der Waals surface area contributed by atoms with Crippen LogP contribution in [0.2, 0.25) is 0 Å². The Morgan fingerprint density at radius 1 is 0.852 bits per heavy atom. The van der Waals surface area contributed by atoms with E-state index in [4.69, 9.17) is 5.53 Å². The number of sulfonamides is 1. The Bertz CT molecular complexity index is 1260. The fraction of sp³-hybridized carbons (Fsp3) is 0. The van der Waals surface area contributed by atoms with Crippen molar-refractivity contribution in [1.29, 1.82) is 0 Å². The highest BCUT2D eigenvalue weighted by Crippen LogP contribution is 2.30. The van der Waals surface area contributed by atoms with Crippen molar-refractivity contribution in [2.24, 2.45) is 5.11 Å². The number of rotatable bonds is 3. The van der Waals surface area contributed by atoms with Crippen molar-refractivity contribution >= 4 is 38.3 Å². The second-order valence-electron chi connectivity index (χ2n) is 5.81. The minimum atomic E-state index is -4.36. The lowest BCUT2D eigenvalue weighted by molar-refractivity contribution is 0.0765. The molecule has 1 heterocycles. The van der Waals surface area contributed by atoms with Crippen LogP contribution in [0.5, 0.6) is 0 Å². The smallest absolute Gasteiger partial charge is 0.267 e. The van der Waals surface area contributed by atoms with Gasteiger partial charge in [0, 0.05) is 10.6 Å². The fourth-order valence-electron chi connectivity index (χ4n) is 2.98. The van der Waals surface area contributed by atoms with Crippen LogP contribution in [0.1, 0.15) is 20.7 Å². The molecule has 0 saturated carbocycles. The van der Waals surface area contributed by atoms with Gasteiger partial charge in [-0.1, -0.05) is 35.4 Å². The van der Waals surface area contributed by atoms with Crippen molar-refractivity contribution in [3.63, 3.8) is 0 Å². The molecule has 0 unspecified atom stereocenters. The molecule has 0 N–H and O–H groups in total. The number of benzene rings is 3. The number of nitrogens with zero attached hydrogens (tertiary/aromatic N) is 4. The zero-order valence-electron chi connectivity index (χ0n) is 13.6. The predicted molar refractivity (Wildman–Crippen MR) is 96.9 cm³/mol. The minimum Gasteiger partial charge on any atom is -0.267 e. The highest BCUT2D eigenvalue weighted by Gasteiger charge is 2.43. The van der Waals surface area contributed by atoms with Gasteiger partial charge in [-0.15, -0.1) is 0 Å². The summed E-state index contributed by atoms with van der Waals surface area (Å²) in [6.45, 7) is 0. The van der Waals surface area contributed by atoms with Gasteiger partial charge in [-0.25, -0.2) is 8.42 Å². The number of hydrogen-bond donors (Lipinski definition) is 0. The number of azide groups is 1. The Kier molecular flexibility index (Phi) is 3.69. The standard InChI is InChI=1S/C18H10N4O4S/c19-21-20-13-7-5-12-10-14(8-6-11(12)9-13)27(25,26)22-17(23)15-3-1-2-4-16(15)18(22)24/h1-10H. The normalized spacial score (nSPS) is 13.6. The van der Waals surface area contributed by atoms with Gasteiger partial charge < -0.3 is 0 Å². The Morgan fingerprint density at radius 2 is 1.44 bits per heavy atom. The molecule has 2 amide bonds. The number of carbonyl (C=O) groups is 2. The Labute approximate surface area is 153 Å². The SMILES string of the molecule is [N-]=[N+]=Nc1ccc2cc(S(=O)(=O)N3C(=O)c4ccccc4C3=O)ccc2c1. The first-order valence-electron chi connectivity index (χ1n) is 7.75. The van der Waals surface area contributed by atoms with Crippen molar-refractivity contribution in [2.75, 3.05) is 0 Å². The lowest BCUT2D eigenvalue weighted by atomic mass is 10.1. The van der Waals surface area contributed by atoms with E-state index in [0.717, 1.165) is 0 Å². The third-order valence-electron chi connectivity index (χ3n) is 4.25. The average Bonchev–Trinajstić information content (AvgIpc) is 2.93. The molecule has 27 heavy (non-hydrogen) atoms. The number of imide groups is 1. The molecule has 4 rings (SSSR count). The van der Waals surface area contributed by atoms with E-state index in [0.29, 0.717) is 20.8 Å². The van der Waals surface area contributed by atoms with Gasteiger partial charge in [0.25, 0.3) is 21.8 Å². The summed E-state index contributed by atoms with van der Waals surface area (Å²) in [4.78, 5) is 27.5. The van der Waals surface area contributed by atoms with E-state index in [-0.39, 0.29) is 16.0 Å². The van der Waals surface area contributed by atoms with Crippen LogP contribution in [-0.2, 0) is 10.0 Å². The molecular weight excluding hydrogens is 368 g/mol. The quantitative estimate of drug-likeness (QED) is 0.298. The van der Waals surface area contributed by atoms with Gasteiger partial charge in [-0.3, -0.25) is 9.59 Å². The lowest BCUT2D eigenvalue weighted by Crippen LogP contribution is -2.36. The summed E-state index contributed by atoms with van der Waals surface area (Å²) in [7, 11) is -4.36. The van der Waals surface area contributed by atoms with E-state index in [1.807, 2.05) is 0 Å². The van der Waals surface area contributed by atoms with Crippen molar-refractivity contribution in [2.45, 2.75) is 4.90 Å². The van der Waals surface area contributed by atoms with Gasteiger partial charge in [-0.05, 0) is 46.6 Å². The summed E-state index contributed by atoms with van der Waals surface area (Å²) < 4.78 is 26.2. The summed E-state index contributed by atoms with van der Waals surface area (Å²) in [5.74, 6) is -1.73. The largest absolute Gasteiger partial charge is 0.275 e. The van der Waals surface area contributed by atoms with Crippen LogP contribution >= 0.6 is 0 Å². The maximum absolute atomic E-state index is 13.0. The van der Waals surface area contributed by atoms with Crippen molar-refractivity contribution in [3.8, 4) is 0 Å². The molecule has 0 radical (unpaired) electrons. The molecule has 0 atom stereocenters. The molecule has 0 aliphatic carbocycles. The zero-order chi connectivity index (χ0) is 19.2. The van der Waals surface area contributed by atoms with Gasteiger partial charge in [0.1, 0.15) is 0 Å². The minimum absolute atomic E-state index is 0.0610. The van der Waals surface area contributed by atoms with Crippen molar-refractivity contribution in [3.05, 3.63) is 82.2 Å². The molecule has 9 heteroatoms. The van der Waals surface area contributed by atoms with Crippen molar-refractivity contribution in [1.82, 2.24) is 4.31 Å². The first-order valence-corrected chi connectivity index (χ1v) is 9.19. The second kappa shape index (κ2) is 5.94. The van der Waals surface area contributed by atoms with E-state index in [1.165, 1.54) is 30.3 Å². The molecule has 0 fully saturated rings. The number of amides is 2. The molecule has 0 aromatic heterocycles. The highest BCUT2D eigenvalue weighted by molar-refractivity contribution is 7.90. The van der Waals surface area contributed by atoms with Crippen LogP contribution < -0.4 is 0 Å². The molecule has 1 aliphatic heterocycles. The fourth-order valence-corrected chi connectivity index (χ4v) is 4.34. The maximum atomic E-state index is 13.0. The van der Waals surface area contributed by atoms with E-state index in [9.17, 15) is 18.0 Å². The molecule has 132 valence electrons. The van der Waals surface area contributed by atoms with E-state index in [1.54, 1.807) is 30.3 Å². The highest BCUT2D eigenvalue weighted by atomic mass is 32.2. The third-order valence-corrected chi connectivity index (χ3v) is 5.91. The molecule has 1 aliphatic rings. The summed E-state index contributed by atoms with van der Waals surface area (Å²) >= 11 is 0. The van der Waals surface area contributed by atoms with Crippen LogP contribution in [0.25, 0.3) is 21.2 Å². The second-order valence-corrected chi connectivity index (χ2v) is 7.59. The third kappa shape index (κ3) is 2.53. The zero-order valence-corrected chi connectivity index (χ0v) is 14.4. The van der Waals surface area contributed by atoms with Crippen LogP contribution in [0.4, 0.5) is 5.69 Å². The van der Waals surface area contributed by atoms with Gasteiger partial charge in [0.2, 0.25) is 0 Å². The van der Waals surface area contributed by atoms with Crippen LogP contribution in [0.3, 0.4) is 0 Å². The van der Waals surface area contributed by atoms with Gasteiger partial charge >= 0.3 is 0 Å². The Morgan fingerprint density at radius 3 is 2.07 bits per heavy atom. The van der Waals surface area contributed by atoms with E-state index >= 15 is 0 Å². The number of fused-ring (bicyclic) bond motifs is 2. The van der Waals surface area contributed by atoms with Crippen LogP contribution in [0.15, 0.2) is 70.7 Å². The Balaban J connectivity index is 1.81. The number of carbonyl (C=O) groups excluding carboxylic acids is 2. The summed E-state index contributed by atoms with van der Waals surface area (Å²) in [6, 6.07) is 14.9. The number of hydrogen-bond acceptors (Lipinski definition) is 5. The molecule has 3 aromatic carbocycles. The maximum Gasteiger partial charge on any atom is 0.275 e. The first-order chi connectivity index (χ1) is 12.9. The molecule has 0 bridgehead atoms. The molecule has 3 aromatic rings. The average molecular weight is 378 g/mol. The molecule has 8 nitrogen and oxygen atoms in total. The van der Waals surface area contributed by atoms with Gasteiger partial charge in [0.05, 0.1) is 16.0 Å². The summed E-state index contributed by atoms with van der Waals surface area (Å²) in [6.07, 6.45) is 0. The molecule has 0 saturated heterocycles. The van der Waals surface area contributed by atoms with Crippen LogP contribution in [0, 0.1) is 0 Å². The summed E-state index contributed by atoms with van der Waals surface area (Å²) in [5.41, 5.74) is 9.01. The monoisotopic (exact) mass is 378 g/mol. The topological polar surface area (TPSA) is 120 Å². The van der Waals surface area contributed by atoms with Gasteiger partial charge in [0.15, 0.2) is 0 Å². The summed E-state index contributed by atoms with van der Waals surface area (Å²) in [5, 5.41) is 4.71. The first kappa shape index (κ1) is 16.8. The Hall–Kier alpha value is -3.68.